The summed E-state index contributed by atoms with van der Waals surface area (Å²) in [6, 6.07) is 0.717. The zero-order valence-electron chi connectivity index (χ0n) is 10.4. The van der Waals surface area contributed by atoms with Crippen LogP contribution in [0.3, 0.4) is 0 Å². The summed E-state index contributed by atoms with van der Waals surface area (Å²) in [5.41, 5.74) is -0.412. The number of hydrogen-bond acceptors (Lipinski definition) is 3. The molecule has 16 heavy (non-hydrogen) atoms. The predicted molar refractivity (Wildman–Crippen MR) is 62.3 cm³/mol. The van der Waals surface area contributed by atoms with E-state index in [1.807, 2.05) is 20.8 Å². The first-order valence-corrected chi connectivity index (χ1v) is 6.18. The van der Waals surface area contributed by atoms with Gasteiger partial charge in [0, 0.05) is 12.1 Å². The summed E-state index contributed by atoms with van der Waals surface area (Å²) in [7, 11) is 0. The van der Waals surface area contributed by atoms with Crippen molar-refractivity contribution >= 4 is 6.09 Å². The fourth-order valence-corrected chi connectivity index (χ4v) is 2.77. The predicted octanol–water partition coefficient (Wildman–Crippen LogP) is 1.65. The van der Waals surface area contributed by atoms with Crippen LogP contribution in [0.25, 0.3) is 0 Å². The number of hydrogen-bond donors (Lipinski definition) is 2. The van der Waals surface area contributed by atoms with Gasteiger partial charge in [0.25, 0.3) is 0 Å². The fraction of sp³-hybridized carbons (Fsp3) is 0.917. The van der Waals surface area contributed by atoms with Crippen molar-refractivity contribution in [1.29, 1.82) is 0 Å². The second-order valence-electron chi connectivity index (χ2n) is 5.86. The third kappa shape index (κ3) is 2.67. The number of amides is 1. The van der Waals surface area contributed by atoms with Crippen LogP contribution in [0.1, 0.15) is 40.0 Å². The van der Waals surface area contributed by atoms with Crippen LogP contribution in [0.5, 0.6) is 0 Å². The summed E-state index contributed by atoms with van der Waals surface area (Å²) < 4.78 is 5.27. The summed E-state index contributed by atoms with van der Waals surface area (Å²) in [4.78, 5) is 11.6. The Morgan fingerprint density at radius 3 is 2.75 bits per heavy atom. The Balaban J connectivity index is 1.83. The van der Waals surface area contributed by atoms with Crippen LogP contribution in [0.15, 0.2) is 0 Å². The minimum atomic E-state index is -0.412. The molecule has 3 atom stereocenters. The molecule has 1 saturated carbocycles. The van der Waals surface area contributed by atoms with E-state index in [1.54, 1.807) is 0 Å². The molecular formula is C12H22N2O2. The number of fused-ring (bicyclic) bond motifs is 1. The van der Waals surface area contributed by atoms with Gasteiger partial charge in [-0.15, -0.1) is 0 Å². The highest BCUT2D eigenvalue weighted by Crippen LogP contribution is 2.32. The molecule has 0 spiro atoms. The van der Waals surface area contributed by atoms with Crippen LogP contribution in [-0.4, -0.2) is 30.3 Å². The van der Waals surface area contributed by atoms with Crippen LogP contribution in [-0.2, 0) is 4.74 Å². The van der Waals surface area contributed by atoms with Crippen LogP contribution in [0, 0.1) is 5.92 Å². The third-order valence-corrected chi connectivity index (χ3v) is 3.39. The zero-order chi connectivity index (χ0) is 11.8. The number of rotatable bonds is 1. The molecule has 1 aliphatic heterocycles. The Kier molecular flexibility index (Phi) is 3.10. The molecule has 1 heterocycles. The van der Waals surface area contributed by atoms with E-state index in [-0.39, 0.29) is 12.1 Å². The van der Waals surface area contributed by atoms with Crippen molar-refractivity contribution in [2.75, 3.05) is 6.54 Å². The Hall–Kier alpha value is -0.770. The summed E-state index contributed by atoms with van der Waals surface area (Å²) in [6.07, 6.45) is 3.25. The molecule has 0 aromatic rings. The average Bonchev–Trinajstić information content (AvgIpc) is 2.66. The molecular weight excluding hydrogens is 204 g/mol. The normalized spacial score (nSPS) is 33.6. The van der Waals surface area contributed by atoms with E-state index in [4.69, 9.17) is 4.74 Å². The van der Waals surface area contributed by atoms with Crippen LogP contribution in [0.2, 0.25) is 0 Å². The minimum Gasteiger partial charge on any atom is -0.444 e. The van der Waals surface area contributed by atoms with Gasteiger partial charge in [0.05, 0.1) is 0 Å². The van der Waals surface area contributed by atoms with Gasteiger partial charge in [-0.1, -0.05) is 0 Å². The van der Waals surface area contributed by atoms with Crippen LogP contribution < -0.4 is 10.6 Å². The molecule has 0 aromatic heterocycles. The Labute approximate surface area is 97.1 Å². The van der Waals surface area contributed by atoms with E-state index in [0.29, 0.717) is 6.04 Å². The van der Waals surface area contributed by atoms with Crippen molar-refractivity contribution in [1.82, 2.24) is 10.6 Å². The maximum absolute atomic E-state index is 11.6. The fourth-order valence-electron chi connectivity index (χ4n) is 2.77. The number of nitrogens with one attached hydrogen (secondary N) is 2. The second kappa shape index (κ2) is 4.24. The number of carbonyl (C=O) groups is 1. The van der Waals surface area contributed by atoms with Crippen LogP contribution >= 0.6 is 0 Å². The molecule has 1 aliphatic carbocycles. The van der Waals surface area contributed by atoms with Gasteiger partial charge in [0.15, 0.2) is 0 Å². The lowest BCUT2D eigenvalue weighted by Gasteiger charge is -2.24. The van der Waals surface area contributed by atoms with E-state index < -0.39 is 5.60 Å². The standard InChI is InChI=1S/C12H22N2O2/c1-12(2,3)16-11(15)14-9-5-4-8-6-7-13-10(8)9/h8-10,13H,4-7H2,1-3H3,(H,14,15). The molecule has 2 aliphatic rings. The van der Waals surface area contributed by atoms with Crippen molar-refractivity contribution in [3.63, 3.8) is 0 Å². The quantitative estimate of drug-likeness (QED) is 0.715. The smallest absolute Gasteiger partial charge is 0.407 e. The molecule has 4 nitrogen and oxygen atoms in total. The molecule has 92 valence electrons. The van der Waals surface area contributed by atoms with Crippen molar-refractivity contribution in [2.24, 2.45) is 5.92 Å². The number of alkyl carbamates (subject to hydrolysis) is 1. The number of carbonyl (C=O) groups excluding carboxylic acids is 1. The van der Waals surface area contributed by atoms with Crippen molar-refractivity contribution in [3.05, 3.63) is 0 Å². The molecule has 0 bridgehead atoms. The van der Waals surface area contributed by atoms with Crippen LogP contribution in [0.4, 0.5) is 4.79 Å². The molecule has 3 unspecified atom stereocenters. The van der Waals surface area contributed by atoms with E-state index >= 15 is 0 Å². The molecule has 2 fully saturated rings. The highest BCUT2D eigenvalue weighted by Gasteiger charge is 2.40. The Morgan fingerprint density at radius 1 is 1.31 bits per heavy atom. The Bertz CT molecular complexity index is 273. The van der Waals surface area contributed by atoms with E-state index in [9.17, 15) is 4.79 Å². The summed E-state index contributed by atoms with van der Waals surface area (Å²) >= 11 is 0. The molecule has 0 radical (unpaired) electrons. The lowest BCUT2D eigenvalue weighted by atomic mass is 10.0. The van der Waals surface area contributed by atoms with Gasteiger partial charge >= 0.3 is 6.09 Å². The first kappa shape index (κ1) is 11.7. The summed E-state index contributed by atoms with van der Waals surface area (Å²) in [5, 5.41) is 6.45. The highest BCUT2D eigenvalue weighted by molar-refractivity contribution is 5.68. The average molecular weight is 226 g/mol. The first-order chi connectivity index (χ1) is 7.46. The number of ether oxygens (including phenoxy) is 1. The van der Waals surface area contributed by atoms with Gasteiger partial charge in [0.2, 0.25) is 0 Å². The van der Waals surface area contributed by atoms with Crippen molar-refractivity contribution in [2.45, 2.75) is 57.7 Å². The summed E-state index contributed by atoms with van der Waals surface area (Å²) in [5.74, 6) is 0.750. The van der Waals surface area contributed by atoms with Crippen molar-refractivity contribution in [3.8, 4) is 0 Å². The molecule has 2 N–H and O–H groups in total. The second-order valence-corrected chi connectivity index (χ2v) is 5.86. The molecule has 4 heteroatoms. The molecule has 1 amide bonds. The van der Waals surface area contributed by atoms with Gasteiger partial charge in [-0.3, -0.25) is 0 Å². The van der Waals surface area contributed by atoms with Gasteiger partial charge < -0.3 is 15.4 Å². The SMILES string of the molecule is CC(C)(C)OC(=O)NC1CCC2CCNC21. The van der Waals surface area contributed by atoms with E-state index in [2.05, 4.69) is 10.6 Å². The van der Waals surface area contributed by atoms with E-state index in [0.717, 1.165) is 18.9 Å². The largest absolute Gasteiger partial charge is 0.444 e. The minimum absolute atomic E-state index is 0.252. The van der Waals surface area contributed by atoms with Gasteiger partial charge in [-0.25, -0.2) is 4.79 Å². The zero-order valence-corrected chi connectivity index (χ0v) is 10.4. The summed E-state index contributed by atoms with van der Waals surface area (Å²) in [6.45, 7) is 6.75. The van der Waals surface area contributed by atoms with Gasteiger partial charge in [0.1, 0.15) is 5.60 Å². The van der Waals surface area contributed by atoms with Crippen molar-refractivity contribution < 1.29 is 9.53 Å². The third-order valence-electron chi connectivity index (χ3n) is 3.39. The molecule has 1 saturated heterocycles. The monoisotopic (exact) mass is 226 g/mol. The van der Waals surface area contributed by atoms with Gasteiger partial charge in [-0.2, -0.15) is 0 Å². The maximum atomic E-state index is 11.6. The molecule has 0 aromatic carbocycles. The lowest BCUT2D eigenvalue weighted by molar-refractivity contribution is 0.0498. The lowest BCUT2D eigenvalue weighted by Crippen LogP contribution is -2.47. The maximum Gasteiger partial charge on any atom is 0.407 e. The van der Waals surface area contributed by atoms with Gasteiger partial charge in [-0.05, 0) is 52.5 Å². The first-order valence-electron chi connectivity index (χ1n) is 6.18. The Morgan fingerprint density at radius 2 is 2.06 bits per heavy atom. The topological polar surface area (TPSA) is 50.4 Å². The molecule has 2 rings (SSSR count). The van der Waals surface area contributed by atoms with E-state index in [1.165, 1.54) is 12.8 Å². The highest BCUT2D eigenvalue weighted by atomic mass is 16.6.